The molecule has 1 aliphatic heterocycles. The van der Waals surface area contributed by atoms with Gasteiger partial charge < -0.3 is 0 Å². The van der Waals surface area contributed by atoms with Gasteiger partial charge in [0.2, 0.25) is 0 Å². The fourth-order valence-corrected chi connectivity index (χ4v) is 2.16. The molecule has 0 aliphatic carbocycles. The number of nitrogens with zero attached hydrogens (tertiary/aromatic N) is 1. The van der Waals surface area contributed by atoms with E-state index >= 15 is 0 Å². The van der Waals surface area contributed by atoms with E-state index < -0.39 is 6.08 Å². The van der Waals surface area contributed by atoms with Crippen molar-refractivity contribution in [2.75, 3.05) is 12.3 Å². The number of hydrogen-bond donors (Lipinski definition) is 0. The molecule has 0 bridgehead atoms. The summed E-state index contributed by atoms with van der Waals surface area (Å²) in [5, 5.41) is 1.13. The number of thioether (sulfide) groups is 1. The Morgan fingerprint density at radius 3 is 2.85 bits per heavy atom. The average molecular weight is 205 g/mol. The van der Waals surface area contributed by atoms with Gasteiger partial charge in [0.05, 0.1) is 5.04 Å². The van der Waals surface area contributed by atoms with Gasteiger partial charge in [0.1, 0.15) is 0 Å². The van der Waals surface area contributed by atoms with Gasteiger partial charge in [0.25, 0.3) is 6.08 Å². The second-order valence-electron chi connectivity index (χ2n) is 3.02. The Labute approximate surface area is 81.3 Å². The van der Waals surface area contributed by atoms with Crippen LogP contribution in [0.5, 0.6) is 0 Å². The fraction of sp³-hybridized carbons (Fsp3) is 0.667. The summed E-state index contributed by atoms with van der Waals surface area (Å²) in [5.41, 5.74) is 0.200. The smallest absolute Gasteiger partial charge is 0.269 e. The summed E-state index contributed by atoms with van der Waals surface area (Å²) in [5.74, 6) is 0.724. The third kappa shape index (κ3) is 3.89. The summed E-state index contributed by atoms with van der Waals surface area (Å²) in [7, 11) is 0. The topological polar surface area (TPSA) is 12.4 Å². The predicted octanol–water partition coefficient (Wildman–Crippen LogP) is 3.47. The van der Waals surface area contributed by atoms with E-state index in [0.29, 0.717) is 6.42 Å². The Hall–Kier alpha value is -0.380. The highest BCUT2D eigenvalue weighted by Gasteiger charge is 2.07. The van der Waals surface area contributed by atoms with Crippen molar-refractivity contribution in [3.05, 3.63) is 11.7 Å². The molecule has 0 aromatic rings. The summed E-state index contributed by atoms with van der Waals surface area (Å²) < 4.78 is 23.9. The first-order valence-electron chi connectivity index (χ1n) is 4.37. The maximum absolute atomic E-state index is 12.0. The molecule has 4 heteroatoms. The lowest BCUT2D eigenvalue weighted by molar-refractivity contribution is 0.409. The van der Waals surface area contributed by atoms with E-state index in [2.05, 4.69) is 4.99 Å². The molecule has 0 spiro atoms. The minimum atomic E-state index is -1.53. The van der Waals surface area contributed by atoms with Gasteiger partial charge in [-0.1, -0.05) is 0 Å². The molecular weight excluding hydrogens is 192 g/mol. The number of halogens is 2. The van der Waals surface area contributed by atoms with Crippen LogP contribution in [0.1, 0.15) is 26.2 Å². The summed E-state index contributed by atoms with van der Waals surface area (Å²) >= 11 is 1.61. The summed E-state index contributed by atoms with van der Waals surface area (Å²) in [6.07, 6.45) is 1.08. The van der Waals surface area contributed by atoms with E-state index in [1.807, 2.05) is 0 Å². The molecule has 0 unspecified atom stereocenters. The van der Waals surface area contributed by atoms with Crippen molar-refractivity contribution in [1.82, 2.24) is 0 Å². The zero-order valence-electron chi connectivity index (χ0n) is 7.65. The van der Waals surface area contributed by atoms with Crippen LogP contribution in [-0.2, 0) is 0 Å². The van der Waals surface area contributed by atoms with Crippen LogP contribution in [0.2, 0.25) is 0 Å². The van der Waals surface area contributed by atoms with Crippen LogP contribution in [-0.4, -0.2) is 17.3 Å². The van der Waals surface area contributed by atoms with Crippen molar-refractivity contribution in [3.63, 3.8) is 0 Å². The number of aliphatic imine (C=N–C) groups is 1. The number of rotatable bonds is 3. The molecule has 0 saturated carbocycles. The molecule has 1 rings (SSSR count). The Morgan fingerprint density at radius 1 is 1.54 bits per heavy atom. The Balaban J connectivity index is 2.17. The quantitative estimate of drug-likeness (QED) is 0.687. The maximum atomic E-state index is 12.0. The second-order valence-corrected chi connectivity index (χ2v) is 4.19. The van der Waals surface area contributed by atoms with Crippen LogP contribution in [0.3, 0.4) is 0 Å². The van der Waals surface area contributed by atoms with Crippen LogP contribution in [0, 0.1) is 0 Å². The van der Waals surface area contributed by atoms with E-state index in [4.69, 9.17) is 0 Å². The summed E-state index contributed by atoms with van der Waals surface area (Å²) in [4.78, 5) is 4.25. The van der Waals surface area contributed by atoms with E-state index in [0.717, 1.165) is 30.2 Å². The van der Waals surface area contributed by atoms with Gasteiger partial charge in [-0.05, 0) is 31.8 Å². The average Bonchev–Trinajstić information content (AvgIpc) is 2.56. The molecule has 0 N–H and O–H groups in total. The molecule has 0 amide bonds. The lowest BCUT2D eigenvalue weighted by atomic mass is 10.3. The highest BCUT2D eigenvalue weighted by atomic mass is 32.2. The molecule has 1 nitrogen and oxygen atoms in total. The van der Waals surface area contributed by atoms with Gasteiger partial charge in [-0.25, -0.2) is 0 Å². The molecule has 13 heavy (non-hydrogen) atoms. The molecule has 1 heterocycles. The van der Waals surface area contributed by atoms with Crippen molar-refractivity contribution < 1.29 is 8.78 Å². The molecule has 0 atom stereocenters. The van der Waals surface area contributed by atoms with Crippen LogP contribution < -0.4 is 0 Å². The molecule has 0 aromatic carbocycles. The Bertz CT molecular complexity index is 232. The fourth-order valence-electron chi connectivity index (χ4n) is 1.05. The first kappa shape index (κ1) is 10.7. The van der Waals surface area contributed by atoms with Gasteiger partial charge in [0, 0.05) is 12.3 Å². The lowest BCUT2D eigenvalue weighted by Gasteiger charge is -2.00. The highest BCUT2D eigenvalue weighted by Crippen LogP contribution is 2.19. The van der Waals surface area contributed by atoms with E-state index in [9.17, 15) is 8.78 Å². The largest absolute Gasteiger partial charge is 0.283 e. The Kier molecular flexibility index (Phi) is 4.42. The first-order valence-corrected chi connectivity index (χ1v) is 5.35. The maximum Gasteiger partial charge on any atom is 0.269 e. The SMILES string of the molecule is CC(CCSC1=NCCC1)=C(F)F. The third-order valence-corrected chi connectivity index (χ3v) is 2.98. The normalized spacial score (nSPS) is 15.8. The van der Waals surface area contributed by atoms with Gasteiger partial charge in [-0.2, -0.15) is 8.78 Å². The van der Waals surface area contributed by atoms with Crippen molar-refractivity contribution in [1.29, 1.82) is 0 Å². The summed E-state index contributed by atoms with van der Waals surface area (Å²) in [6, 6.07) is 0. The zero-order valence-corrected chi connectivity index (χ0v) is 8.46. The minimum Gasteiger partial charge on any atom is -0.283 e. The highest BCUT2D eigenvalue weighted by molar-refractivity contribution is 8.13. The van der Waals surface area contributed by atoms with Crippen LogP contribution in [0.25, 0.3) is 0 Å². The van der Waals surface area contributed by atoms with Gasteiger partial charge in [-0.3, -0.25) is 4.99 Å². The number of allylic oxidation sites excluding steroid dienone is 1. The molecule has 0 aromatic heterocycles. The molecule has 74 valence electrons. The molecule has 0 fully saturated rings. The predicted molar refractivity (Wildman–Crippen MR) is 53.5 cm³/mol. The Morgan fingerprint density at radius 2 is 2.31 bits per heavy atom. The minimum absolute atomic E-state index is 0.200. The molecule has 0 radical (unpaired) electrons. The molecular formula is C9H13F2NS. The van der Waals surface area contributed by atoms with Gasteiger partial charge >= 0.3 is 0 Å². The monoisotopic (exact) mass is 205 g/mol. The molecule has 1 aliphatic rings. The van der Waals surface area contributed by atoms with Crippen LogP contribution >= 0.6 is 11.8 Å². The van der Waals surface area contributed by atoms with Gasteiger partial charge in [0.15, 0.2) is 0 Å². The third-order valence-electron chi connectivity index (χ3n) is 1.91. The first-order chi connectivity index (χ1) is 6.20. The van der Waals surface area contributed by atoms with Crippen molar-refractivity contribution in [3.8, 4) is 0 Å². The van der Waals surface area contributed by atoms with Crippen molar-refractivity contribution >= 4 is 16.8 Å². The van der Waals surface area contributed by atoms with Crippen LogP contribution in [0.4, 0.5) is 8.78 Å². The molecule has 0 saturated heterocycles. The van der Waals surface area contributed by atoms with Crippen molar-refractivity contribution in [2.45, 2.75) is 26.2 Å². The summed E-state index contributed by atoms with van der Waals surface area (Å²) in [6.45, 7) is 2.39. The second kappa shape index (κ2) is 5.37. The number of hydrogen-bond acceptors (Lipinski definition) is 2. The lowest BCUT2D eigenvalue weighted by Crippen LogP contribution is -1.90. The van der Waals surface area contributed by atoms with E-state index in [-0.39, 0.29) is 5.57 Å². The van der Waals surface area contributed by atoms with Gasteiger partial charge in [-0.15, -0.1) is 11.8 Å². The van der Waals surface area contributed by atoms with E-state index in [1.165, 1.54) is 6.92 Å². The van der Waals surface area contributed by atoms with E-state index in [1.54, 1.807) is 11.8 Å². The standard InChI is InChI=1S/C9H13F2NS/c1-7(9(10)11)4-6-13-8-3-2-5-12-8/h2-6H2,1H3. The van der Waals surface area contributed by atoms with Crippen molar-refractivity contribution in [2.24, 2.45) is 4.99 Å². The zero-order chi connectivity index (χ0) is 9.68. The van der Waals surface area contributed by atoms with Crippen LogP contribution in [0.15, 0.2) is 16.6 Å².